The fourth-order valence-corrected chi connectivity index (χ4v) is 11.5. The molecule has 0 saturated carbocycles. The molecule has 4 aliphatic rings. The standard InChI is InChI=1S/C63H57N7O9S2/c1-61(2,3)78-59(76)62(4,5)79-68-51(48-39-81-60(65-48)67-63(45-27-15-8-16-28-45,46-29-17-9-18-30-46)47-31-19-10-20-32-47)55(73)66-52-56(74)70-53(58(75)77-54(40-22-11-6-12-23-40)41-24-13-7-14-25-41)42(38-80-57(52)70)26-21-33-69-37-44-35-50(72)49(71)34-43(44)36-64-69/h6-32,34-37,39,52,54,57,72H,33,38H2,1-5H3,(H,65,67)(H,66,73)/b26-21+,68-51-. The van der Waals surface area contributed by atoms with Crippen LogP contribution in [-0.4, -0.2) is 82.6 Å². The average Bonchev–Trinajstić information content (AvgIpc) is 4.00. The topological polar surface area (TPSA) is 204 Å². The summed E-state index contributed by atoms with van der Waals surface area (Å²) in [6.45, 7) is 8.34. The highest BCUT2D eigenvalue weighted by Crippen LogP contribution is 2.43. The zero-order chi connectivity index (χ0) is 56.9. The maximum absolute atomic E-state index is 14.9. The monoisotopic (exact) mass is 1120 g/mol. The van der Waals surface area contributed by atoms with Crippen LogP contribution >= 0.6 is 23.1 Å². The van der Waals surface area contributed by atoms with E-state index in [-0.39, 0.29) is 35.1 Å². The number of ether oxygens (including phenoxy) is 2. The minimum Gasteiger partial charge on any atom is -0.504 e. The van der Waals surface area contributed by atoms with E-state index in [0.29, 0.717) is 33.0 Å². The Morgan fingerprint density at radius 1 is 0.790 bits per heavy atom. The summed E-state index contributed by atoms with van der Waals surface area (Å²) in [5.41, 5.74) is 1.52. The third-order valence-corrected chi connectivity index (χ3v) is 15.5. The van der Waals surface area contributed by atoms with E-state index in [1.807, 2.05) is 152 Å². The molecular formula is C63H57N7O9S2. The van der Waals surface area contributed by atoms with Gasteiger partial charge in [-0.1, -0.05) is 169 Å². The van der Waals surface area contributed by atoms with Crippen molar-refractivity contribution in [3.63, 3.8) is 0 Å². The van der Waals surface area contributed by atoms with Crippen LogP contribution in [-0.2, 0) is 45.6 Å². The van der Waals surface area contributed by atoms with Crippen molar-refractivity contribution in [2.24, 2.45) is 5.16 Å². The number of β-lactam (4-membered cyclic amide) rings is 1. The number of oxime groups is 1. The third kappa shape index (κ3) is 11.9. The van der Waals surface area contributed by atoms with Gasteiger partial charge in [0, 0.05) is 28.5 Å². The van der Waals surface area contributed by atoms with Gasteiger partial charge in [0.15, 0.2) is 22.7 Å². The summed E-state index contributed by atoms with van der Waals surface area (Å²) in [5.74, 6) is -3.08. The number of anilines is 1. The van der Waals surface area contributed by atoms with Crippen molar-refractivity contribution in [1.29, 1.82) is 0 Å². The largest absolute Gasteiger partial charge is 0.504 e. The number of allylic oxidation sites excluding steroid dienone is 2. The van der Waals surface area contributed by atoms with Crippen LogP contribution in [0.3, 0.4) is 0 Å². The van der Waals surface area contributed by atoms with Crippen molar-refractivity contribution in [3.8, 4) is 16.9 Å². The average molecular weight is 1120 g/mol. The Hall–Kier alpha value is -9.13. The lowest BCUT2D eigenvalue weighted by Gasteiger charge is -2.49. The molecule has 410 valence electrons. The lowest BCUT2D eigenvalue weighted by molar-refractivity contribution is -0.179. The van der Waals surface area contributed by atoms with Gasteiger partial charge in [0.25, 0.3) is 11.8 Å². The lowest BCUT2D eigenvalue weighted by Crippen LogP contribution is -2.71. The Bertz CT molecular complexity index is 3580. The molecule has 3 aliphatic heterocycles. The number of rotatable bonds is 18. The van der Waals surface area contributed by atoms with Crippen molar-refractivity contribution >= 4 is 57.7 Å². The van der Waals surface area contributed by atoms with Crippen LogP contribution in [0.15, 0.2) is 215 Å². The molecule has 0 radical (unpaired) electrons. The molecule has 1 aliphatic carbocycles. The molecule has 6 aromatic rings. The van der Waals surface area contributed by atoms with Crippen LogP contribution in [0.4, 0.5) is 5.13 Å². The van der Waals surface area contributed by atoms with Crippen molar-refractivity contribution in [1.82, 2.24) is 25.0 Å². The van der Waals surface area contributed by atoms with Crippen LogP contribution in [0, 0.1) is 0 Å². The lowest BCUT2D eigenvalue weighted by atomic mass is 9.77. The second-order valence-electron chi connectivity index (χ2n) is 20.7. The molecule has 4 heterocycles. The summed E-state index contributed by atoms with van der Waals surface area (Å²) in [4.78, 5) is 82.4. The second-order valence-corrected chi connectivity index (χ2v) is 22.7. The second kappa shape index (κ2) is 23.3. The molecule has 18 heteroatoms. The Balaban J connectivity index is 0.980. The molecule has 1 fully saturated rings. The van der Waals surface area contributed by atoms with Gasteiger partial charge < -0.3 is 30.1 Å². The van der Waals surface area contributed by atoms with Crippen molar-refractivity contribution in [3.05, 3.63) is 249 Å². The maximum Gasteiger partial charge on any atom is 0.356 e. The third-order valence-electron chi connectivity index (χ3n) is 13.4. The quantitative estimate of drug-likeness (QED) is 0.0241. The highest BCUT2D eigenvalue weighted by molar-refractivity contribution is 8.00. The predicted octanol–water partition coefficient (Wildman–Crippen LogP) is 10.00. The first-order chi connectivity index (χ1) is 39.0. The van der Waals surface area contributed by atoms with E-state index in [0.717, 1.165) is 16.7 Å². The van der Waals surface area contributed by atoms with E-state index in [9.17, 15) is 29.1 Å². The molecule has 1 aromatic heterocycles. The van der Waals surface area contributed by atoms with Crippen molar-refractivity contribution in [2.45, 2.75) is 75.4 Å². The molecule has 10 rings (SSSR count). The number of thioether (sulfide) groups is 1. The Morgan fingerprint density at radius 2 is 1.36 bits per heavy atom. The Morgan fingerprint density at radius 3 is 1.93 bits per heavy atom. The van der Waals surface area contributed by atoms with Crippen LogP contribution in [0.1, 0.15) is 74.2 Å². The van der Waals surface area contributed by atoms with E-state index < -0.39 is 63.4 Å². The molecular weight excluding hydrogens is 1060 g/mol. The number of aromatic hydroxyl groups is 1. The molecule has 1 saturated heterocycles. The predicted molar refractivity (Wildman–Crippen MR) is 311 cm³/mol. The van der Waals surface area contributed by atoms with E-state index >= 15 is 0 Å². The number of benzene rings is 6. The van der Waals surface area contributed by atoms with Crippen LogP contribution < -0.4 is 16.1 Å². The number of carbonyl (C=O) groups is 4. The van der Waals surface area contributed by atoms with Crippen LogP contribution in [0.5, 0.6) is 5.75 Å². The summed E-state index contributed by atoms with van der Waals surface area (Å²) in [6, 6.07) is 49.9. The zero-order valence-electron chi connectivity index (χ0n) is 44.9. The van der Waals surface area contributed by atoms with E-state index in [2.05, 4.69) is 20.9 Å². The number of nitrogens with zero attached hydrogens (tertiary/aromatic N) is 5. The van der Waals surface area contributed by atoms with Gasteiger partial charge in [-0.15, -0.1) is 23.1 Å². The number of phenolic OH excluding ortho intramolecular Hbond substituents is 1. The SMILES string of the molecule is CC(C)(C)OC(=O)C(C)(C)O/N=C(\C(=O)NC1C(=O)N2C(C(=O)OC(c3ccccc3)c3ccccc3)=C(/C=C/Cn3cc4cc(O)c(=O)cc-4cn3)CSC12)c1csc(NC(c2ccccc2)(c2ccccc2)c2ccccc2)n1. The van der Waals surface area contributed by atoms with Gasteiger partial charge in [-0.2, -0.15) is 5.10 Å². The summed E-state index contributed by atoms with van der Waals surface area (Å²) >= 11 is 2.56. The molecule has 5 aromatic carbocycles. The number of carbonyl (C=O) groups excluding carboxylic acids is 4. The summed E-state index contributed by atoms with van der Waals surface area (Å²) in [7, 11) is 0. The minimum atomic E-state index is -1.68. The van der Waals surface area contributed by atoms with E-state index in [1.54, 1.807) is 49.2 Å². The number of aromatic nitrogens is 3. The molecule has 2 atom stereocenters. The van der Waals surface area contributed by atoms with Gasteiger partial charge in [0.05, 0.1) is 12.7 Å². The number of thiazole rings is 1. The van der Waals surface area contributed by atoms with Gasteiger partial charge in [-0.3, -0.25) is 24.0 Å². The van der Waals surface area contributed by atoms with Crippen molar-refractivity contribution < 1.29 is 38.6 Å². The minimum absolute atomic E-state index is 0.00277. The van der Waals surface area contributed by atoms with E-state index in [1.165, 1.54) is 60.2 Å². The first kappa shape index (κ1) is 55.2. The summed E-state index contributed by atoms with van der Waals surface area (Å²) in [6.07, 6.45) is 5.88. The van der Waals surface area contributed by atoms with Gasteiger partial charge in [-0.05, 0) is 80.1 Å². The molecule has 16 nitrogen and oxygen atoms in total. The number of fused-ring (bicyclic) bond motifs is 2. The normalized spacial score (nSPS) is 15.8. The van der Waals surface area contributed by atoms with Gasteiger partial charge in [-0.25, -0.2) is 14.6 Å². The molecule has 2 amide bonds. The zero-order valence-corrected chi connectivity index (χ0v) is 46.5. The van der Waals surface area contributed by atoms with Crippen LogP contribution in [0.2, 0.25) is 0 Å². The fourth-order valence-electron chi connectivity index (χ4n) is 9.46. The Kier molecular flexibility index (Phi) is 15.9. The van der Waals surface area contributed by atoms with Gasteiger partial charge in [0.2, 0.25) is 11.0 Å². The number of hydrogen-bond donors (Lipinski definition) is 3. The first-order valence-electron chi connectivity index (χ1n) is 26.0. The maximum atomic E-state index is 14.9. The highest BCUT2D eigenvalue weighted by Gasteiger charge is 2.55. The fraction of sp³-hybridized carbons (Fsp3) is 0.206. The van der Waals surface area contributed by atoms with E-state index in [4.69, 9.17) is 19.3 Å². The number of nitrogens with one attached hydrogen (secondary N) is 2. The number of amides is 2. The molecule has 0 bridgehead atoms. The smallest absolute Gasteiger partial charge is 0.356 e. The molecule has 81 heavy (non-hydrogen) atoms. The Labute approximate surface area is 476 Å². The summed E-state index contributed by atoms with van der Waals surface area (Å²) in [5, 5.41) is 26.7. The van der Waals surface area contributed by atoms with Gasteiger partial charge >= 0.3 is 11.9 Å². The number of phenols is 1. The number of hydrogen-bond acceptors (Lipinski definition) is 15. The molecule has 2 unspecified atom stereocenters. The number of esters is 2. The molecule has 3 N–H and O–H groups in total. The molecule has 0 spiro atoms. The van der Waals surface area contributed by atoms with Crippen molar-refractivity contribution in [2.75, 3.05) is 11.1 Å². The van der Waals surface area contributed by atoms with Crippen LogP contribution in [0.25, 0.3) is 11.1 Å². The summed E-state index contributed by atoms with van der Waals surface area (Å²) < 4.78 is 13.7. The highest BCUT2D eigenvalue weighted by atomic mass is 32.2. The first-order valence-corrected chi connectivity index (χ1v) is 28.0. The van der Waals surface area contributed by atoms with Gasteiger partial charge in [0.1, 0.15) is 33.9 Å².